The van der Waals surface area contributed by atoms with Crippen LogP contribution in [0.2, 0.25) is 0 Å². The summed E-state index contributed by atoms with van der Waals surface area (Å²) >= 11 is 1.88. The molecule has 1 fully saturated rings. The van der Waals surface area contributed by atoms with Crippen molar-refractivity contribution in [2.45, 2.75) is 49.8 Å². The molecule has 0 unspecified atom stereocenters. The number of aryl methyl sites for hydroxylation is 1. The Morgan fingerprint density at radius 1 is 1.11 bits per heavy atom. The number of carboxylic acids is 1. The predicted molar refractivity (Wildman–Crippen MR) is 146 cm³/mol. The van der Waals surface area contributed by atoms with Crippen LogP contribution in [-0.2, 0) is 11.2 Å². The minimum absolute atomic E-state index is 0.266. The Kier molecular flexibility index (Phi) is 9.99. The highest BCUT2D eigenvalue weighted by molar-refractivity contribution is 7.99. The van der Waals surface area contributed by atoms with Crippen LogP contribution in [0.5, 0.6) is 5.75 Å². The fourth-order valence-corrected chi connectivity index (χ4v) is 6.19. The van der Waals surface area contributed by atoms with Crippen molar-refractivity contribution in [2.24, 2.45) is 11.8 Å². The second-order valence-corrected chi connectivity index (χ2v) is 10.8. The standard InChI is InChI=1S/C29H37N3O3S/c1-35-25-7-8-28-27(20-25)23(10-16-31-28)5-2-4-22-13-18-32(21-24(22)6-9-29(33)34)17-3-19-36-26-11-14-30-15-12-26/h7-8,10-12,14-16,20,22,24H,2-6,9,13,17-19,21H2,1H3,(H,33,34)/t22-,24+/m1/s1. The molecule has 0 spiro atoms. The van der Waals surface area contributed by atoms with Crippen molar-refractivity contribution < 1.29 is 14.6 Å². The third-order valence-corrected chi connectivity index (χ3v) is 8.40. The lowest BCUT2D eigenvalue weighted by Gasteiger charge is -2.39. The van der Waals surface area contributed by atoms with E-state index in [-0.39, 0.29) is 6.42 Å². The van der Waals surface area contributed by atoms with Crippen molar-refractivity contribution in [1.82, 2.24) is 14.9 Å². The maximum Gasteiger partial charge on any atom is 0.303 e. The van der Waals surface area contributed by atoms with E-state index >= 15 is 0 Å². The van der Waals surface area contributed by atoms with E-state index in [9.17, 15) is 9.90 Å². The second-order valence-electron chi connectivity index (χ2n) is 9.67. The molecule has 3 heterocycles. The molecule has 7 heteroatoms. The van der Waals surface area contributed by atoms with Crippen molar-refractivity contribution in [3.05, 3.63) is 60.6 Å². The first-order valence-corrected chi connectivity index (χ1v) is 14.0. The zero-order chi connectivity index (χ0) is 25.2. The topological polar surface area (TPSA) is 75.5 Å². The minimum atomic E-state index is -0.683. The number of pyridine rings is 2. The van der Waals surface area contributed by atoms with Crippen LogP contribution in [-0.4, -0.2) is 58.4 Å². The number of fused-ring (bicyclic) bond motifs is 1. The number of likely N-dealkylation sites (tertiary alicyclic amines) is 1. The fraction of sp³-hybridized carbons (Fsp3) is 0.483. The van der Waals surface area contributed by atoms with E-state index in [0.717, 1.165) is 75.2 Å². The van der Waals surface area contributed by atoms with Gasteiger partial charge in [-0.3, -0.25) is 14.8 Å². The van der Waals surface area contributed by atoms with Gasteiger partial charge in [0.05, 0.1) is 12.6 Å². The number of rotatable bonds is 13. The maximum absolute atomic E-state index is 11.3. The van der Waals surface area contributed by atoms with Gasteiger partial charge in [0.1, 0.15) is 5.75 Å². The van der Waals surface area contributed by atoms with E-state index in [2.05, 4.69) is 39.1 Å². The molecule has 0 radical (unpaired) electrons. The average molecular weight is 508 g/mol. The first-order valence-electron chi connectivity index (χ1n) is 13.0. The Hall–Kier alpha value is -2.64. The van der Waals surface area contributed by atoms with Crippen molar-refractivity contribution in [3.63, 3.8) is 0 Å². The van der Waals surface area contributed by atoms with Crippen LogP contribution in [0.1, 0.15) is 44.1 Å². The van der Waals surface area contributed by atoms with Crippen LogP contribution >= 0.6 is 11.8 Å². The number of benzene rings is 1. The Morgan fingerprint density at radius 3 is 2.78 bits per heavy atom. The van der Waals surface area contributed by atoms with E-state index in [1.165, 1.54) is 15.8 Å². The van der Waals surface area contributed by atoms with Crippen LogP contribution in [0.25, 0.3) is 10.9 Å². The third kappa shape index (κ3) is 7.68. The average Bonchev–Trinajstić information content (AvgIpc) is 2.91. The Bertz CT molecular complexity index is 1110. The molecular formula is C29H37N3O3S. The number of carboxylic acid groups (broad SMARTS) is 1. The monoisotopic (exact) mass is 507 g/mol. The van der Waals surface area contributed by atoms with Gasteiger partial charge in [0.15, 0.2) is 0 Å². The van der Waals surface area contributed by atoms with Gasteiger partial charge in [-0.15, -0.1) is 11.8 Å². The number of thioether (sulfide) groups is 1. The van der Waals surface area contributed by atoms with Crippen molar-refractivity contribution in [1.29, 1.82) is 0 Å². The highest BCUT2D eigenvalue weighted by Gasteiger charge is 2.29. The van der Waals surface area contributed by atoms with Gasteiger partial charge >= 0.3 is 5.97 Å². The first-order chi connectivity index (χ1) is 17.6. The Morgan fingerprint density at radius 2 is 1.97 bits per heavy atom. The quantitative estimate of drug-likeness (QED) is 0.226. The van der Waals surface area contributed by atoms with Gasteiger partial charge in [0, 0.05) is 41.8 Å². The lowest BCUT2D eigenvalue weighted by molar-refractivity contribution is -0.137. The maximum atomic E-state index is 11.3. The van der Waals surface area contributed by atoms with Crippen LogP contribution < -0.4 is 4.74 Å². The molecule has 0 amide bonds. The summed E-state index contributed by atoms with van der Waals surface area (Å²) in [5.41, 5.74) is 2.31. The van der Waals surface area contributed by atoms with E-state index in [1.807, 2.05) is 42.5 Å². The number of ether oxygens (including phenoxy) is 1. The molecule has 4 rings (SSSR count). The minimum Gasteiger partial charge on any atom is -0.497 e. The Balaban J connectivity index is 1.28. The number of piperidine rings is 1. The molecular weight excluding hydrogens is 470 g/mol. The van der Waals surface area contributed by atoms with Crippen LogP contribution in [0, 0.1) is 11.8 Å². The number of aromatic nitrogens is 2. The number of hydrogen-bond acceptors (Lipinski definition) is 6. The van der Waals surface area contributed by atoms with Gasteiger partial charge in [-0.05, 0) is 111 Å². The number of methoxy groups -OCH3 is 1. The third-order valence-electron chi connectivity index (χ3n) is 7.30. The molecule has 36 heavy (non-hydrogen) atoms. The summed E-state index contributed by atoms with van der Waals surface area (Å²) in [4.78, 5) is 23.7. The number of nitrogens with zero attached hydrogens (tertiary/aromatic N) is 3. The molecule has 6 nitrogen and oxygen atoms in total. The summed E-state index contributed by atoms with van der Waals surface area (Å²) in [6, 6.07) is 12.3. The molecule has 1 aliphatic rings. The predicted octanol–water partition coefficient (Wildman–Crippen LogP) is 5.95. The zero-order valence-electron chi connectivity index (χ0n) is 21.1. The SMILES string of the molecule is COc1ccc2nccc(CCC[C@@H]3CCN(CCCSc4ccncc4)C[C@@H]3CCC(=O)O)c2c1. The first kappa shape index (κ1) is 26.4. The van der Waals surface area contributed by atoms with Crippen molar-refractivity contribution >= 4 is 28.6 Å². The molecule has 0 saturated carbocycles. The van der Waals surface area contributed by atoms with Crippen LogP contribution in [0.3, 0.4) is 0 Å². The molecule has 1 saturated heterocycles. The molecule has 0 bridgehead atoms. The summed E-state index contributed by atoms with van der Waals surface area (Å²) in [5, 5.41) is 10.5. The number of carbonyl (C=O) groups is 1. The normalized spacial score (nSPS) is 18.4. The van der Waals surface area contributed by atoms with Gasteiger partial charge in [-0.1, -0.05) is 0 Å². The summed E-state index contributed by atoms with van der Waals surface area (Å²) in [7, 11) is 1.70. The summed E-state index contributed by atoms with van der Waals surface area (Å²) in [5.74, 6) is 2.31. The molecule has 1 aliphatic heterocycles. The summed E-state index contributed by atoms with van der Waals surface area (Å²) < 4.78 is 5.42. The molecule has 2 atom stereocenters. The van der Waals surface area contributed by atoms with E-state index in [4.69, 9.17) is 4.74 Å². The van der Waals surface area contributed by atoms with Crippen LogP contribution in [0.15, 0.2) is 59.9 Å². The van der Waals surface area contributed by atoms with Gasteiger partial charge in [0.2, 0.25) is 0 Å². The van der Waals surface area contributed by atoms with Gasteiger partial charge in [0.25, 0.3) is 0 Å². The van der Waals surface area contributed by atoms with Crippen molar-refractivity contribution in [2.75, 3.05) is 32.5 Å². The molecule has 192 valence electrons. The lowest BCUT2D eigenvalue weighted by Crippen LogP contribution is -2.41. The number of aliphatic carboxylic acids is 1. The van der Waals surface area contributed by atoms with Crippen LogP contribution in [0.4, 0.5) is 0 Å². The second kappa shape index (κ2) is 13.6. The molecule has 0 aliphatic carbocycles. The van der Waals surface area contributed by atoms with Gasteiger partial charge in [-0.25, -0.2) is 0 Å². The lowest BCUT2D eigenvalue weighted by atomic mass is 9.79. The summed E-state index contributed by atoms with van der Waals surface area (Å²) in [6.45, 7) is 3.22. The van der Waals surface area contributed by atoms with Gasteiger partial charge in [-0.2, -0.15) is 0 Å². The van der Waals surface area contributed by atoms with E-state index in [1.54, 1.807) is 7.11 Å². The Labute approximate surface area is 218 Å². The largest absolute Gasteiger partial charge is 0.497 e. The van der Waals surface area contributed by atoms with E-state index in [0.29, 0.717) is 11.8 Å². The molecule has 1 aromatic carbocycles. The highest BCUT2D eigenvalue weighted by Crippen LogP contribution is 2.32. The van der Waals surface area contributed by atoms with Gasteiger partial charge < -0.3 is 14.7 Å². The fourth-order valence-electron chi connectivity index (χ4n) is 5.37. The molecule has 3 aromatic rings. The summed E-state index contributed by atoms with van der Waals surface area (Å²) in [6.07, 6.45) is 12.2. The zero-order valence-corrected chi connectivity index (χ0v) is 22.0. The smallest absolute Gasteiger partial charge is 0.303 e. The molecule has 1 N–H and O–H groups in total. The highest BCUT2D eigenvalue weighted by atomic mass is 32.2. The van der Waals surface area contributed by atoms with Crippen molar-refractivity contribution in [3.8, 4) is 5.75 Å². The van der Waals surface area contributed by atoms with E-state index < -0.39 is 5.97 Å². The molecule has 2 aromatic heterocycles. The number of hydrogen-bond donors (Lipinski definition) is 1.